The average Bonchev–Trinajstić information content (AvgIpc) is 3.22. The van der Waals surface area contributed by atoms with E-state index in [4.69, 9.17) is 11.6 Å². The molecular formula is C21H22ClN3O3S. The molecule has 6 nitrogen and oxygen atoms in total. The lowest BCUT2D eigenvalue weighted by Gasteiger charge is -2.30. The van der Waals surface area contributed by atoms with Crippen molar-refractivity contribution < 1.29 is 4.79 Å². The molecule has 3 heterocycles. The number of fused-ring (bicyclic) bond motifs is 1. The average molecular weight is 432 g/mol. The maximum atomic E-state index is 13.2. The lowest BCUT2D eigenvalue weighted by Crippen LogP contribution is -2.45. The fourth-order valence-corrected chi connectivity index (χ4v) is 4.60. The van der Waals surface area contributed by atoms with Crippen LogP contribution in [-0.2, 0) is 17.9 Å². The number of benzene rings is 1. The highest BCUT2D eigenvalue weighted by Gasteiger charge is 2.23. The quantitative estimate of drug-likeness (QED) is 0.637. The predicted molar refractivity (Wildman–Crippen MR) is 116 cm³/mol. The molecule has 1 aliphatic rings. The van der Waals surface area contributed by atoms with Crippen LogP contribution in [0.25, 0.3) is 10.9 Å². The summed E-state index contributed by atoms with van der Waals surface area (Å²) in [5.74, 6) is 0.508. The van der Waals surface area contributed by atoms with Crippen LogP contribution in [0.4, 0.5) is 0 Å². The van der Waals surface area contributed by atoms with Gasteiger partial charge in [-0.05, 0) is 48.4 Å². The number of thiophene rings is 1. The number of likely N-dealkylation sites (tertiary alicyclic amines) is 1. The van der Waals surface area contributed by atoms with Crippen LogP contribution in [0, 0.1) is 5.92 Å². The number of hydrogen-bond acceptors (Lipinski definition) is 4. The second-order valence-corrected chi connectivity index (χ2v) is 9.03. The van der Waals surface area contributed by atoms with Crippen LogP contribution in [-0.4, -0.2) is 33.0 Å². The minimum absolute atomic E-state index is 0.0872. The Balaban J connectivity index is 1.78. The minimum atomic E-state index is -0.475. The molecule has 0 saturated carbocycles. The maximum absolute atomic E-state index is 13.2. The van der Waals surface area contributed by atoms with Crippen LogP contribution >= 0.6 is 22.9 Å². The molecule has 1 aromatic carbocycles. The zero-order chi connectivity index (χ0) is 20.5. The van der Waals surface area contributed by atoms with Crippen LogP contribution in [0.5, 0.6) is 0 Å². The van der Waals surface area contributed by atoms with Gasteiger partial charge in [0.05, 0.1) is 17.4 Å². The molecule has 29 heavy (non-hydrogen) atoms. The fraction of sp³-hybridized carbons (Fsp3) is 0.381. The van der Waals surface area contributed by atoms with Crippen molar-refractivity contribution in [1.82, 2.24) is 14.0 Å². The van der Waals surface area contributed by atoms with Crippen molar-refractivity contribution in [1.29, 1.82) is 0 Å². The van der Waals surface area contributed by atoms with E-state index < -0.39 is 11.2 Å². The van der Waals surface area contributed by atoms with Gasteiger partial charge in [-0.25, -0.2) is 4.79 Å². The van der Waals surface area contributed by atoms with E-state index in [1.807, 2.05) is 22.4 Å². The monoisotopic (exact) mass is 431 g/mol. The zero-order valence-electron chi connectivity index (χ0n) is 16.1. The van der Waals surface area contributed by atoms with Crippen molar-refractivity contribution in [2.75, 3.05) is 13.1 Å². The van der Waals surface area contributed by atoms with E-state index in [0.29, 0.717) is 34.9 Å². The molecule has 1 aliphatic heterocycles. The van der Waals surface area contributed by atoms with Gasteiger partial charge in [-0.3, -0.25) is 18.7 Å². The summed E-state index contributed by atoms with van der Waals surface area (Å²) in [6.45, 7) is 3.67. The molecule has 0 N–H and O–H groups in total. The zero-order valence-corrected chi connectivity index (χ0v) is 17.7. The first kappa shape index (κ1) is 19.9. The standard InChI is InChI=1S/C21H22ClN3O3S/c1-14-6-8-23(9-7-14)19(26)13-24-18-5-4-15(22)11-17(18)20(27)25(21(24)28)12-16-3-2-10-29-16/h2-5,10-11,14H,6-9,12-13H2,1H3. The van der Waals surface area contributed by atoms with E-state index in [1.165, 1.54) is 20.5 Å². The predicted octanol–water partition coefficient (Wildman–Crippen LogP) is 3.18. The van der Waals surface area contributed by atoms with Crippen LogP contribution in [0.1, 0.15) is 24.6 Å². The van der Waals surface area contributed by atoms with Gasteiger partial charge in [0.2, 0.25) is 5.91 Å². The van der Waals surface area contributed by atoms with E-state index in [1.54, 1.807) is 18.2 Å². The summed E-state index contributed by atoms with van der Waals surface area (Å²) >= 11 is 7.59. The third-order valence-electron chi connectivity index (χ3n) is 5.51. The molecule has 1 saturated heterocycles. The van der Waals surface area contributed by atoms with Crippen molar-refractivity contribution in [2.45, 2.75) is 32.9 Å². The van der Waals surface area contributed by atoms with E-state index in [9.17, 15) is 14.4 Å². The van der Waals surface area contributed by atoms with Gasteiger partial charge < -0.3 is 4.90 Å². The smallest absolute Gasteiger partial charge is 0.332 e. The lowest BCUT2D eigenvalue weighted by molar-refractivity contribution is -0.133. The van der Waals surface area contributed by atoms with E-state index in [0.717, 1.165) is 17.7 Å². The molecule has 2 aromatic heterocycles. The maximum Gasteiger partial charge on any atom is 0.332 e. The molecule has 3 aromatic rings. The molecule has 0 bridgehead atoms. The van der Waals surface area contributed by atoms with Gasteiger partial charge >= 0.3 is 5.69 Å². The van der Waals surface area contributed by atoms with E-state index >= 15 is 0 Å². The highest BCUT2D eigenvalue weighted by Crippen LogP contribution is 2.18. The first-order valence-electron chi connectivity index (χ1n) is 9.67. The molecule has 0 radical (unpaired) electrons. The first-order valence-corrected chi connectivity index (χ1v) is 10.9. The Bertz CT molecular complexity index is 1160. The molecule has 0 unspecified atom stereocenters. The highest BCUT2D eigenvalue weighted by molar-refractivity contribution is 7.09. The number of carbonyl (C=O) groups excluding carboxylic acids is 1. The Morgan fingerprint density at radius 2 is 1.93 bits per heavy atom. The van der Waals surface area contributed by atoms with E-state index in [-0.39, 0.29) is 19.0 Å². The van der Waals surface area contributed by atoms with Gasteiger partial charge in [0, 0.05) is 23.0 Å². The summed E-state index contributed by atoms with van der Waals surface area (Å²) in [6.07, 6.45) is 1.93. The van der Waals surface area contributed by atoms with Crippen LogP contribution in [0.3, 0.4) is 0 Å². The first-order chi connectivity index (χ1) is 13.9. The Hall–Kier alpha value is -2.38. The number of piperidine rings is 1. The van der Waals surface area contributed by atoms with Gasteiger partial charge in [-0.1, -0.05) is 24.6 Å². The summed E-state index contributed by atoms with van der Waals surface area (Å²) in [4.78, 5) is 41.8. The third kappa shape index (κ3) is 4.02. The molecule has 8 heteroatoms. The van der Waals surface area contributed by atoms with Gasteiger partial charge in [0.1, 0.15) is 6.54 Å². The van der Waals surface area contributed by atoms with Crippen molar-refractivity contribution in [3.63, 3.8) is 0 Å². The van der Waals surface area contributed by atoms with E-state index in [2.05, 4.69) is 6.92 Å². The molecule has 1 fully saturated rings. The lowest BCUT2D eigenvalue weighted by atomic mass is 9.99. The normalized spacial score (nSPS) is 15.2. The second kappa shape index (κ2) is 8.16. The molecule has 152 valence electrons. The Morgan fingerprint density at radius 1 is 1.17 bits per heavy atom. The number of nitrogens with zero attached hydrogens (tertiary/aromatic N) is 3. The van der Waals surface area contributed by atoms with Crippen LogP contribution < -0.4 is 11.2 Å². The number of carbonyl (C=O) groups is 1. The Labute approximate surface area is 176 Å². The summed E-state index contributed by atoms with van der Waals surface area (Å²) in [6, 6.07) is 8.59. The van der Waals surface area contributed by atoms with Crippen molar-refractivity contribution >= 4 is 39.7 Å². The number of amides is 1. The molecular weight excluding hydrogens is 410 g/mol. The van der Waals surface area contributed by atoms with Crippen molar-refractivity contribution in [2.24, 2.45) is 5.92 Å². The number of aromatic nitrogens is 2. The largest absolute Gasteiger partial charge is 0.341 e. The second-order valence-electron chi connectivity index (χ2n) is 7.56. The number of halogens is 1. The molecule has 0 spiro atoms. The van der Waals surface area contributed by atoms with Crippen molar-refractivity contribution in [3.05, 3.63) is 66.4 Å². The highest BCUT2D eigenvalue weighted by atomic mass is 35.5. The summed E-state index contributed by atoms with van der Waals surface area (Å²) in [7, 11) is 0. The Morgan fingerprint density at radius 3 is 2.62 bits per heavy atom. The van der Waals surface area contributed by atoms with Gasteiger partial charge in [-0.15, -0.1) is 11.3 Å². The van der Waals surface area contributed by atoms with Gasteiger partial charge in [0.25, 0.3) is 5.56 Å². The number of rotatable bonds is 4. The molecule has 1 amide bonds. The van der Waals surface area contributed by atoms with Crippen molar-refractivity contribution in [3.8, 4) is 0 Å². The Kier molecular flexibility index (Phi) is 5.61. The fourth-order valence-electron chi connectivity index (χ4n) is 3.74. The SMILES string of the molecule is CC1CCN(C(=O)Cn2c(=O)n(Cc3cccs3)c(=O)c3cc(Cl)ccc32)CC1. The summed E-state index contributed by atoms with van der Waals surface area (Å²) in [5, 5.41) is 2.66. The minimum Gasteiger partial charge on any atom is -0.341 e. The topological polar surface area (TPSA) is 64.3 Å². The van der Waals surface area contributed by atoms with Crippen LogP contribution in [0.15, 0.2) is 45.3 Å². The summed E-state index contributed by atoms with van der Waals surface area (Å²) in [5.41, 5.74) is -0.432. The molecule has 0 aliphatic carbocycles. The third-order valence-corrected chi connectivity index (χ3v) is 6.61. The van der Waals surface area contributed by atoms with Gasteiger partial charge in [-0.2, -0.15) is 0 Å². The molecule has 0 atom stereocenters. The molecule has 4 rings (SSSR count). The number of hydrogen-bond donors (Lipinski definition) is 0. The summed E-state index contributed by atoms with van der Waals surface area (Å²) < 4.78 is 2.59. The van der Waals surface area contributed by atoms with Crippen LogP contribution in [0.2, 0.25) is 5.02 Å². The van der Waals surface area contributed by atoms with Gasteiger partial charge in [0.15, 0.2) is 0 Å².